The van der Waals surface area contributed by atoms with E-state index in [4.69, 9.17) is 9.47 Å². The maximum absolute atomic E-state index is 11.6. The number of methoxy groups -OCH3 is 1. The molecule has 0 aliphatic heterocycles. The summed E-state index contributed by atoms with van der Waals surface area (Å²) < 4.78 is 10.1. The van der Waals surface area contributed by atoms with Gasteiger partial charge in [0.25, 0.3) is 0 Å². The van der Waals surface area contributed by atoms with Crippen LogP contribution in [-0.2, 0) is 19.1 Å². The van der Waals surface area contributed by atoms with Crippen molar-refractivity contribution in [3.8, 4) is 0 Å². The molecule has 19 heavy (non-hydrogen) atoms. The monoisotopic (exact) mass is 268 g/mol. The third-order valence-corrected chi connectivity index (χ3v) is 3.36. The van der Waals surface area contributed by atoms with Crippen molar-refractivity contribution in [2.24, 2.45) is 0 Å². The zero-order valence-corrected chi connectivity index (χ0v) is 12.0. The van der Waals surface area contributed by atoms with Crippen LogP contribution in [0.15, 0.2) is 11.3 Å². The van der Waals surface area contributed by atoms with Gasteiger partial charge in [0, 0.05) is 24.8 Å². The predicted molar refractivity (Wildman–Crippen MR) is 72.6 cm³/mol. The first-order valence-corrected chi connectivity index (χ1v) is 7.13. The van der Waals surface area contributed by atoms with Crippen molar-refractivity contribution in [2.45, 2.75) is 58.3 Å². The molecule has 108 valence electrons. The second-order valence-electron chi connectivity index (χ2n) is 4.75. The molecule has 0 N–H and O–H groups in total. The Morgan fingerprint density at radius 3 is 2.58 bits per heavy atom. The van der Waals surface area contributed by atoms with E-state index in [0.717, 1.165) is 49.9 Å². The first-order chi connectivity index (χ1) is 9.19. The lowest BCUT2D eigenvalue weighted by Gasteiger charge is -2.05. The SMILES string of the molecule is CCOC(=O)CCCCCCC1=C(OC)CCC1=O. The molecule has 0 bridgehead atoms. The van der Waals surface area contributed by atoms with Crippen LogP contribution in [0.4, 0.5) is 0 Å². The molecule has 0 saturated heterocycles. The molecule has 4 heteroatoms. The van der Waals surface area contributed by atoms with Gasteiger partial charge in [0.2, 0.25) is 0 Å². The van der Waals surface area contributed by atoms with Crippen LogP contribution < -0.4 is 0 Å². The Hall–Kier alpha value is -1.32. The van der Waals surface area contributed by atoms with Crippen molar-refractivity contribution >= 4 is 11.8 Å². The van der Waals surface area contributed by atoms with Crippen LogP contribution in [0.2, 0.25) is 0 Å². The molecule has 0 atom stereocenters. The second kappa shape index (κ2) is 8.73. The summed E-state index contributed by atoms with van der Waals surface area (Å²) in [5.74, 6) is 0.998. The normalized spacial score (nSPS) is 14.9. The summed E-state index contributed by atoms with van der Waals surface area (Å²) in [6.45, 7) is 2.27. The lowest BCUT2D eigenvalue weighted by Crippen LogP contribution is -2.03. The fraction of sp³-hybridized carbons (Fsp3) is 0.733. The van der Waals surface area contributed by atoms with Gasteiger partial charge in [-0.3, -0.25) is 9.59 Å². The zero-order chi connectivity index (χ0) is 14.1. The molecule has 1 aliphatic rings. The van der Waals surface area contributed by atoms with Crippen molar-refractivity contribution in [3.63, 3.8) is 0 Å². The number of ketones is 1. The number of hydrogen-bond acceptors (Lipinski definition) is 4. The highest BCUT2D eigenvalue weighted by molar-refractivity contribution is 5.98. The van der Waals surface area contributed by atoms with Crippen LogP contribution in [0.5, 0.6) is 0 Å². The fourth-order valence-corrected chi connectivity index (χ4v) is 2.35. The van der Waals surface area contributed by atoms with Crippen molar-refractivity contribution in [2.75, 3.05) is 13.7 Å². The lowest BCUT2D eigenvalue weighted by atomic mass is 10.0. The molecule has 0 aromatic rings. The van der Waals surface area contributed by atoms with Gasteiger partial charge in [-0.15, -0.1) is 0 Å². The number of unbranched alkanes of at least 4 members (excludes halogenated alkanes) is 3. The van der Waals surface area contributed by atoms with Gasteiger partial charge >= 0.3 is 5.97 Å². The van der Waals surface area contributed by atoms with Gasteiger partial charge in [-0.05, 0) is 26.2 Å². The highest BCUT2D eigenvalue weighted by atomic mass is 16.5. The number of esters is 1. The molecule has 0 amide bonds. The van der Waals surface area contributed by atoms with Crippen LogP contribution in [0.25, 0.3) is 0 Å². The third-order valence-electron chi connectivity index (χ3n) is 3.36. The number of carbonyl (C=O) groups excluding carboxylic acids is 2. The Balaban J connectivity index is 2.11. The summed E-state index contributed by atoms with van der Waals surface area (Å²) in [5, 5.41) is 0. The van der Waals surface area contributed by atoms with Gasteiger partial charge in [-0.1, -0.05) is 12.8 Å². The smallest absolute Gasteiger partial charge is 0.305 e. The van der Waals surface area contributed by atoms with Crippen molar-refractivity contribution < 1.29 is 19.1 Å². The predicted octanol–water partition coefficient (Wildman–Crippen LogP) is 3.15. The van der Waals surface area contributed by atoms with Crippen LogP contribution in [0.1, 0.15) is 58.3 Å². The molecule has 1 aliphatic carbocycles. The summed E-state index contributed by atoms with van der Waals surface area (Å²) in [5.41, 5.74) is 0.882. The minimum absolute atomic E-state index is 0.113. The van der Waals surface area contributed by atoms with Gasteiger partial charge in [-0.25, -0.2) is 0 Å². The van der Waals surface area contributed by atoms with Gasteiger partial charge in [0.1, 0.15) is 5.76 Å². The van der Waals surface area contributed by atoms with Gasteiger partial charge in [-0.2, -0.15) is 0 Å². The van der Waals surface area contributed by atoms with Crippen LogP contribution in [0.3, 0.4) is 0 Å². The number of carbonyl (C=O) groups is 2. The zero-order valence-electron chi connectivity index (χ0n) is 12.0. The van der Waals surface area contributed by atoms with Crippen LogP contribution in [-0.4, -0.2) is 25.5 Å². The van der Waals surface area contributed by atoms with E-state index in [2.05, 4.69) is 0 Å². The average molecular weight is 268 g/mol. The summed E-state index contributed by atoms with van der Waals surface area (Å²) >= 11 is 0. The van der Waals surface area contributed by atoms with Gasteiger partial charge < -0.3 is 9.47 Å². The molecule has 0 spiro atoms. The average Bonchev–Trinajstić information content (AvgIpc) is 2.75. The van der Waals surface area contributed by atoms with E-state index in [1.807, 2.05) is 6.92 Å². The van der Waals surface area contributed by atoms with Crippen molar-refractivity contribution in [1.29, 1.82) is 0 Å². The molecular weight excluding hydrogens is 244 g/mol. The Morgan fingerprint density at radius 2 is 1.89 bits per heavy atom. The maximum Gasteiger partial charge on any atom is 0.305 e. The first-order valence-electron chi connectivity index (χ1n) is 7.13. The molecular formula is C15H24O4. The highest BCUT2D eigenvalue weighted by Gasteiger charge is 2.22. The Morgan fingerprint density at radius 1 is 1.16 bits per heavy atom. The molecule has 0 fully saturated rings. The van der Waals surface area contributed by atoms with Crippen LogP contribution in [0, 0.1) is 0 Å². The van der Waals surface area contributed by atoms with E-state index in [0.29, 0.717) is 19.4 Å². The standard InChI is InChI=1S/C15H24O4/c1-3-19-15(17)9-7-5-4-6-8-12-13(16)10-11-14(12)18-2/h3-11H2,1-2H3. The van der Waals surface area contributed by atoms with Crippen LogP contribution >= 0.6 is 0 Å². The topological polar surface area (TPSA) is 52.6 Å². The number of Topliss-reactive ketones (excluding diaryl/α,β-unsaturated/α-hetero) is 1. The number of rotatable bonds is 9. The summed E-state index contributed by atoms with van der Waals surface area (Å²) in [6.07, 6.45) is 6.55. The van der Waals surface area contributed by atoms with Gasteiger partial charge in [0.15, 0.2) is 5.78 Å². The van der Waals surface area contributed by atoms with Gasteiger partial charge in [0.05, 0.1) is 13.7 Å². The van der Waals surface area contributed by atoms with E-state index >= 15 is 0 Å². The molecule has 0 saturated carbocycles. The van der Waals surface area contributed by atoms with Crippen molar-refractivity contribution in [1.82, 2.24) is 0 Å². The summed E-state index contributed by atoms with van der Waals surface area (Å²) in [7, 11) is 1.63. The van der Waals surface area contributed by atoms with E-state index in [-0.39, 0.29) is 11.8 Å². The maximum atomic E-state index is 11.6. The molecule has 0 radical (unpaired) electrons. The number of ether oxygens (including phenoxy) is 2. The third kappa shape index (κ3) is 5.45. The fourth-order valence-electron chi connectivity index (χ4n) is 2.35. The molecule has 4 nitrogen and oxygen atoms in total. The van der Waals surface area contributed by atoms with Crippen molar-refractivity contribution in [3.05, 3.63) is 11.3 Å². The van der Waals surface area contributed by atoms with E-state index < -0.39 is 0 Å². The first kappa shape index (κ1) is 15.7. The quantitative estimate of drug-likeness (QED) is 0.476. The molecule has 1 rings (SSSR count). The number of hydrogen-bond donors (Lipinski definition) is 0. The largest absolute Gasteiger partial charge is 0.501 e. The molecule has 0 unspecified atom stereocenters. The molecule has 0 aromatic heterocycles. The minimum Gasteiger partial charge on any atom is -0.501 e. The lowest BCUT2D eigenvalue weighted by molar-refractivity contribution is -0.143. The number of allylic oxidation sites excluding steroid dienone is 2. The molecule has 0 aromatic carbocycles. The highest BCUT2D eigenvalue weighted by Crippen LogP contribution is 2.27. The van der Waals surface area contributed by atoms with E-state index in [1.165, 1.54) is 0 Å². The summed E-state index contributed by atoms with van der Waals surface area (Å²) in [4.78, 5) is 22.7. The van der Waals surface area contributed by atoms with E-state index in [1.54, 1.807) is 7.11 Å². The Bertz CT molecular complexity index is 344. The second-order valence-corrected chi connectivity index (χ2v) is 4.75. The summed E-state index contributed by atoms with van der Waals surface area (Å²) in [6, 6.07) is 0. The Kier molecular flexibility index (Phi) is 7.23. The Labute approximate surface area is 115 Å². The minimum atomic E-state index is -0.113. The molecule has 0 heterocycles. The van der Waals surface area contributed by atoms with E-state index in [9.17, 15) is 9.59 Å².